The van der Waals surface area contributed by atoms with E-state index in [1.54, 1.807) is 0 Å². The molecule has 0 aliphatic heterocycles. The van der Waals surface area contributed by atoms with Crippen LogP contribution in [0.15, 0.2) is 18.2 Å². The molecule has 0 atom stereocenters. The summed E-state index contributed by atoms with van der Waals surface area (Å²) in [4.78, 5) is 0. The van der Waals surface area contributed by atoms with E-state index >= 15 is 0 Å². The molecule has 1 rings (SSSR count). The Morgan fingerprint density at radius 1 is 1.40 bits per heavy atom. The van der Waals surface area contributed by atoms with Crippen molar-refractivity contribution in [3.8, 4) is 5.75 Å². The van der Waals surface area contributed by atoms with Crippen molar-refractivity contribution in [1.82, 2.24) is 0 Å². The third kappa shape index (κ3) is 4.43. The maximum absolute atomic E-state index is 6.03. The molecule has 0 aromatic heterocycles. The molecule has 0 saturated heterocycles. The number of alkyl halides is 1. The molecule has 1 aromatic carbocycles. The van der Waals surface area contributed by atoms with Crippen molar-refractivity contribution in [2.45, 2.75) is 26.2 Å². The molecule has 3 heteroatoms. The Morgan fingerprint density at radius 2 is 2.20 bits per heavy atom. The van der Waals surface area contributed by atoms with Crippen LogP contribution in [0.3, 0.4) is 0 Å². The van der Waals surface area contributed by atoms with E-state index < -0.39 is 0 Å². The number of rotatable bonds is 6. The molecule has 15 heavy (non-hydrogen) atoms. The molecule has 0 aliphatic carbocycles. The summed E-state index contributed by atoms with van der Waals surface area (Å²) in [5.74, 6) is 0.811. The molecule has 0 aliphatic rings. The molecule has 0 unspecified atom stereocenters. The fourth-order valence-electron chi connectivity index (χ4n) is 1.30. The molecular weight excluding hydrogens is 275 g/mol. The van der Waals surface area contributed by atoms with E-state index in [0.29, 0.717) is 5.02 Å². The molecule has 0 fully saturated rings. The Balaban J connectivity index is 2.66. The minimum absolute atomic E-state index is 0.700. The lowest BCUT2D eigenvalue weighted by atomic mass is 10.1. The SMILES string of the molecule is CCCOc1cc(CCCBr)ccc1Cl. The zero-order valence-electron chi connectivity index (χ0n) is 8.93. The molecule has 0 N–H and O–H groups in total. The van der Waals surface area contributed by atoms with Gasteiger partial charge in [-0.3, -0.25) is 0 Å². The molecule has 0 radical (unpaired) electrons. The van der Waals surface area contributed by atoms with Crippen LogP contribution in [0.5, 0.6) is 5.75 Å². The highest BCUT2D eigenvalue weighted by atomic mass is 79.9. The van der Waals surface area contributed by atoms with E-state index in [-0.39, 0.29) is 0 Å². The lowest BCUT2D eigenvalue weighted by Gasteiger charge is -2.08. The van der Waals surface area contributed by atoms with E-state index in [0.717, 1.165) is 36.9 Å². The summed E-state index contributed by atoms with van der Waals surface area (Å²) in [6.45, 7) is 2.81. The van der Waals surface area contributed by atoms with Gasteiger partial charge in [0, 0.05) is 5.33 Å². The van der Waals surface area contributed by atoms with Crippen LogP contribution in [0, 0.1) is 0 Å². The number of aryl methyl sites for hydroxylation is 1. The van der Waals surface area contributed by atoms with E-state index in [1.807, 2.05) is 12.1 Å². The van der Waals surface area contributed by atoms with Crippen molar-refractivity contribution in [2.24, 2.45) is 0 Å². The van der Waals surface area contributed by atoms with Crippen LogP contribution in [0.25, 0.3) is 0 Å². The van der Waals surface area contributed by atoms with Crippen molar-refractivity contribution >= 4 is 27.5 Å². The van der Waals surface area contributed by atoms with E-state index in [1.165, 1.54) is 5.56 Å². The van der Waals surface area contributed by atoms with E-state index in [9.17, 15) is 0 Å². The summed E-state index contributed by atoms with van der Waals surface area (Å²) in [6, 6.07) is 6.01. The fraction of sp³-hybridized carbons (Fsp3) is 0.500. The van der Waals surface area contributed by atoms with Gasteiger partial charge in [0.15, 0.2) is 0 Å². The minimum Gasteiger partial charge on any atom is -0.492 e. The Morgan fingerprint density at radius 3 is 2.87 bits per heavy atom. The summed E-state index contributed by atoms with van der Waals surface area (Å²) >= 11 is 9.46. The number of halogens is 2. The highest BCUT2D eigenvalue weighted by molar-refractivity contribution is 9.09. The summed E-state index contributed by atoms with van der Waals surface area (Å²) < 4.78 is 5.56. The summed E-state index contributed by atoms with van der Waals surface area (Å²) in [5.41, 5.74) is 1.28. The number of benzene rings is 1. The maximum Gasteiger partial charge on any atom is 0.138 e. The van der Waals surface area contributed by atoms with Gasteiger partial charge in [0.2, 0.25) is 0 Å². The van der Waals surface area contributed by atoms with Gasteiger partial charge in [0.05, 0.1) is 11.6 Å². The largest absolute Gasteiger partial charge is 0.492 e. The molecule has 0 bridgehead atoms. The first-order valence-corrected chi connectivity index (χ1v) is 6.75. The molecule has 1 aromatic rings. The smallest absolute Gasteiger partial charge is 0.138 e. The second kappa shape index (κ2) is 7.13. The van der Waals surface area contributed by atoms with Crippen molar-refractivity contribution < 1.29 is 4.74 Å². The monoisotopic (exact) mass is 290 g/mol. The van der Waals surface area contributed by atoms with Crippen molar-refractivity contribution in [1.29, 1.82) is 0 Å². The van der Waals surface area contributed by atoms with Gasteiger partial charge in [-0.25, -0.2) is 0 Å². The van der Waals surface area contributed by atoms with Crippen LogP contribution >= 0.6 is 27.5 Å². The normalized spacial score (nSPS) is 10.3. The van der Waals surface area contributed by atoms with Gasteiger partial charge in [-0.05, 0) is 37.0 Å². The van der Waals surface area contributed by atoms with Gasteiger partial charge in [-0.2, -0.15) is 0 Å². The first-order chi connectivity index (χ1) is 7.27. The molecule has 0 saturated carbocycles. The Kier molecular flexibility index (Phi) is 6.11. The van der Waals surface area contributed by atoms with Gasteiger partial charge < -0.3 is 4.74 Å². The standard InChI is InChI=1S/C12H16BrClO/c1-2-8-15-12-9-10(4-3-7-13)5-6-11(12)14/h5-6,9H,2-4,7-8H2,1H3. The molecule has 0 heterocycles. The second-order valence-electron chi connectivity index (χ2n) is 3.41. The Hall–Kier alpha value is -0.210. The molecule has 0 spiro atoms. The third-order valence-electron chi connectivity index (χ3n) is 2.06. The highest BCUT2D eigenvalue weighted by Crippen LogP contribution is 2.26. The predicted octanol–water partition coefficient (Wildman–Crippen LogP) is 4.46. The molecular formula is C12H16BrClO. The molecule has 0 amide bonds. The summed E-state index contributed by atoms with van der Waals surface area (Å²) in [5, 5.41) is 1.73. The van der Waals surface area contributed by atoms with Crippen molar-refractivity contribution in [3.63, 3.8) is 0 Å². The first-order valence-electron chi connectivity index (χ1n) is 5.25. The van der Waals surface area contributed by atoms with Crippen LogP contribution < -0.4 is 4.74 Å². The molecule has 1 nitrogen and oxygen atoms in total. The fourth-order valence-corrected chi connectivity index (χ4v) is 1.75. The zero-order valence-corrected chi connectivity index (χ0v) is 11.3. The third-order valence-corrected chi connectivity index (χ3v) is 2.93. The number of hydrogen-bond acceptors (Lipinski definition) is 1. The lowest BCUT2D eigenvalue weighted by molar-refractivity contribution is 0.317. The van der Waals surface area contributed by atoms with Gasteiger partial charge in [-0.15, -0.1) is 0 Å². The number of hydrogen-bond donors (Lipinski definition) is 0. The molecule has 84 valence electrons. The lowest BCUT2D eigenvalue weighted by Crippen LogP contribution is -1.97. The van der Waals surface area contributed by atoms with Gasteiger partial charge >= 0.3 is 0 Å². The van der Waals surface area contributed by atoms with E-state index in [4.69, 9.17) is 16.3 Å². The predicted molar refractivity (Wildman–Crippen MR) is 69.4 cm³/mol. The Labute approximate surface area is 105 Å². The first kappa shape index (κ1) is 12.9. The zero-order chi connectivity index (χ0) is 11.1. The van der Waals surface area contributed by atoms with Gasteiger partial charge in [0.1, 0.15) is 5.75 Å². The summed E-state index contributed by atoms with van der Waals surface area (Å²) in [6.07, 6.45) is 3.20. The van der Waals surface area contributed by atoms with Crippen LogP contribution in [-0.2, 0) is 6.42 Å². The topological polar surface area (TPSA) is 9.23 Å². The summed E-state index contributed by atoms with van der Waals surface area (Å²) in [7, 11) is 0. The second-order valence-corrected chi connectivity index (χ2v) is 4.61. The quantitative estimate of drug-likeness (QED) is 0.703. The highest BCUT2D eigenvalue weighted by Gasteiger charge is 2.02. The minimum atomic E-state index is 0.700. The maximum atomic E-state index is 6.03. The average Bonchev–Trinajstić information content (AvgIpc) is 2.26. The van der Waals surface area contributed by atoms with E-state index in [2.05, 4.69) is 28.9 Å². The van der Waals surface area contributed by atoms with Gasteiger partial charge in [0.25, 0.3) is 0 Å². The van der Waals surface area contributed by atoms with Crippen LogP contribution in [-0.4, -0.2) is 11.9 Å². The number of ether oxygens (including phenoxy) is 1. The van der Waals surface area contributed by atoms with Crippen molar-refractivity contribution in [3.05, 3.63) is 28.8 Å². The van der Waals surface area contributed by atoms with Gasteiger partial charge in [-0.1, -0.05) is 40.5 Å². The Bertz CT molecular complexity index is 302. The van der Waals surface area contributed by atoms with Crippen molar-refractivity contribution in [2.75, 3.05) is 11.9 Å². The average molecular weight is 292 g/mol. The van der Waals surface area contributed by atoms with Crippen LogP contribution in [0.4, 0.5) is 0 Å². The van der Waals surface area contributed by atoms with Crippen LogP contribution in [0.2, 0.25) is 5.02 Å². The van der Waals surface area contributed by atoms with Crippen LogP contribution in [0.1, 0.15) is 25.3 Å².